The zero-order valence-electron chi connectivity index (χ0n) is 12.2. The molecule has 0 heterocycles. The van der Waals surface area contributed by atoms with Crippen LogP contribution in [-0.4, -0.2) is 33.2 Å². The molecule has 4 heteroatoms. The van der Waals surface area contributed by atoms with Crippen LogP contribution in [0, 0.1) is 0 Å². The summed E-state index contributed by atoms with van der Waals surface area (Å²) < 4.78 is 15.6. The number of ether oxygens (including phenoxy) is 3. The normalized spacial score (nSPS) is 10.2. The van der Waals surface area contributed by atoms with Gasteiger partial charge in [0.1, 0.15) is 18.1 Å². The van der Waals surface area contributed by atoms with Crippen molar-refractivity contribution in [2.24, 2.45) is 0 Å². The predicted molar refractivity (Wildman–Crippen MR) is 80.2 cm³/mol. The Hall–Kier alpha value is -2.33. The fraction of sp³-hybridized carbons (Fsp3) is 0.235. The van der Waals surface area contributed by atoms with Crippen molar-refractivity contribution in [1.82, 2.24) is 0 Å². The summed E-state index contributed by atoms with van der Waals surface area (Å²) in [4.78, 5) is 12.5. The van der Waals surface area contributed by atoms with Gasteiger partial charge in [0.05, 0.1) is 19.3 Å². The van der Waals surface area contributed by atoms with Gasteiger partial charge in [-0.3, -0.25) is 4.79 Å². The lowest BCUT2D eigenvalue weighted by Crippen LogP contribution is -2.09. The molecule has 0 aliphatic heterocycles. The Bertz CT molecular complexity index is 590. The van der Waals surface area contributed by atoms with E-state index in [0.29, 0.717) is 30.1 Å². The van der Waals surface area contributed by atoms with Gasteiger partial charge in [-0.1, -0.05) is 12.1 Å². The van der Waals surface area contributed by atoms with E-state index in [1.165, 1.54) is 0 Å². The van der Waals surface area contributed by atoms with Gasteiger partial charge in [0.25, 0.3) is 0 Å². The molecule has 21 heavy (non-hydrogen) atoms. The van der Waals surface area contributed by atoms with Crippen molar-refractivity contribution >= 4 is 5.78 Å². The SMILES string of the molecule is COCCOc1ccccc1C(=O)c1ccc(OC)cc1. The summed E-state index contributed by atoms with van der Waals surface area (Å²) in [5, 5.41) is 0. The van der Waals surface area contributed by atoms with Gasteiger partial charge in [-0.05, 0) is 36.4 Å². The zero-order chi connectivity index (χ0) is 15.1. The van der Waals surface area contributed by atoms with Gasteiger partial charge < -0.3 is 14.2 Å². The molecule has 0 atom stereocenters. The van der Waals surface area contributed by atoms with Crippen molar-refractivity contribution in [3.63, 3.8) is 0 Å². The largest absolute Gasteiger partial charge is 0.497 e. The number of carbonyl (C=O) groups excluding carboxylic acids is 1. The molecule has 2 rings (SSSR count). The summed E-state index contributed by atoms with van der Waals surface area (Å²) in [6.07, 6.45) is 0. The minimum absolute atomic E-state index is 0.0781. The van der Waals surface area contributed by atoms with E-state index in [4.69, 9.17) is 14.2 Å². The summed E-state index contributed by atoms with van der Waals surface area (Å²) in [6.45, 7) is 0.883. The quantitative estimate of drug-likeness (QED) is 0.580. The van der Waals surface area contributed by atoms with Crippen LogP contribution in [0.3, 0.4) is 0 Å². The van der Waals surface area contributed by atoms with Gasteiger partial charge in [0.2, 0.25) is 0 Å². The Morgan fingerprint density at radius 3 is 2.33 bits per heavy atom. The summed E-state index contributed by atoms with van der Waals surface area (Å²) in [6, 6.07) is 14.2. The van der Waals surface area contributed by atoms with Crippen molar-refractivity contribution in [2.45, 2.75) is 0 Å². The lowest BCUT2D eigenvalue weighted by Gasteiger charge is -2.10. The number of hydrogen-bond donors (Lipinski definition) is 0. The Morgan fingerprint density at radius 1 is 0.952 bits per heavy atom. The van der Waals surface area contributed by atoms with E-state index in [2.05, 4.69) is 0 Å². The van der Waals surface area contributed by atoms with Crippen LogP contribution < -0.4 is 9.47 Å². The van der Waals surface area contributed by atoms with Crippen LogP contribution in [-0.2, 0) is 4.74 Å². The van der Waals surface area contributed by atoms with E-state index in [-0.39, 0.29) is 5.78 Å². The molecular weight excluding hydrogens is 268 g/mol. The zero-order valence-corrected chi connectivity index (χ0v) is 12.2. The molecule has 2 aromatic rings. The van der Waals surface area contributed by atoms with E-state index in [0.717, 1.165) is 5.75 Å². The fourth-order valence-corrected chi connectivity index (χ4v) is 1.91. The van der Waals surface area contributed by atoms with Crippen LogP contribution in [0.2, 0.25) is 0 Å². The highest BCUT2D eigenvalue weighted by molar-refractivity contribution is 6.10. The average Bonchev–Trinajstić information content (AvgIpc) is 2.55. The molecule has 0 N–H and O–H groups in total. The van der Waals surface area contributed by atoms with E-state index in [1.807, 2.05) is 12.1 Å². The minimum atomic E-state index is -0.0781. The van der Waals surface area contributed by atoms with Crippen molar-refractivity contribution in [1.29, 1.82) is 0 Å². The fourth-order valence-electron chi connectivity index (χ4n) is 1.91. The van der Waals surface area contributed by atoms with Gasteiger partial charge >= 0.3 is 0 Å². The van der Waals surface area contributed by atoms with Crippen LogP contribution in [0.25, 0.3) is 0 Å². The third-order valence-electron chi connectivity index (χ3n) is 3.03. The molecule has 0 fully saturated rings. The number of ketones is 1. The van der Waals surface area contributed by atoms with Gasteiger partial charge in [-0.25, -0.2) is 0 Å². The third-order valence-corrected chi connectivity index (χ3v) is 3.03. The van der Waals surface area contributed by atoms with E-state index < -0.39 is 0 Å². The maximum Gasteiger partial charge on any atom is 0.196 e. The number of carbonyl (C=O) groups is 1. The van der Waals surface area contributed by atoms with Crippen molar-refractivity contribution in [2.75, 3.05) is 27.4 Å². The van der Waals surface area contributed by atoms with E-state index in [1.54, 1.807) is 50.6 Å². The van der Waals surface area contributed by atoms with Gasteiger partial charge in [-0.2, -0.15) is 0 Å². The molecule has 0 radical (unpaired) electrons. The lowest BCUT2D eigenvalue weighted by atomic mass is 10.0. The first-order valence-corrected chi connectivity index (χ1v) is 6.65. The number of benzene rings is 2. The second kappa shape index (κ2) is 7.45. The van der Waals surface area contributed by atoms with Gasteiger partial charge in [-0.15, -0.1) is 0 Å². The molecule has 0 saturated heterocycles. The molecule has 4 nitrogen and oxygen atoms in total. The summed E-state index contributed by atoms with van der Waals surface area (Å²) in [5.41, 5.74) is 1.14. The van der Waals surface area contributed by atoms with Crippen molar-refractivity contribution in [3.8, 4) is 11.5 Å². The van der Waals surface area contributed by atoms with Crippen molar-refractivity contribution < 1.29 is 19.0 Å². The molecule has 0 aromatic heterocycles. The topological polar surface area (TPSA) is 44.8 Å². The van der Waals surface area contributed by atoms with E-state index in [9.17, 15) is 4.79 Å². The van der Waals surface area contributed by atoms with Gasteiger partial charge in [0.15, 0.2) is 5.78 Å². The highest BCUT2D eigenvalue weighted by atomic mass is 16.5. The number of rotatable bonds is 7. The third kappa shape index (κ3) is 3.83. The van der Waals surface area contributed by atoms with Crippen LogP contribution in [0.1, 0.15) is 15.9 Å². The van der Waals surface area contributed by atoms with Crippen LogP contribution in [0.4, 0.5) is 0 Å². The van der Waals surface area contributed by atoms with Gasteiger partial charge in [0, 0.05) is 12.7 Å². The highest BCUT2D eigenvalue weighted by Crippen LogP contribution is 2.22. The summed E-state index contributed by atoms with van der Waals surface area (Å²) in [5.74, 6) is 1.21. The molecule has 0 saturated carbocycles. The first kappa shape index (κ1) is 15.1. The lowest BCUT2D eigenvalue weighted by molar-refractivity contribution is 0.103. The number of para-hydroxylation sites is 1. The van der Waals surface area contributed by atoms with Crippen molar-refractivity contribution in [3.05, 3.63) is 59.7 Å². The molecule has 0 aliphatic rings. The summed E-state index contributed by atoms with van der Waals surface area (Å²) in [7, 11) is 3.20. The second-order valence-corrected chi connectivity index (χ2v) is 4.40. The number of hydrogen-bond acceptors (Lipinski definition) is 4. The second-order valence-electron chi connectivity index (χ2n) is 4.40. The molecular formula is C17H18O4. The predicted octanol–water partition coefficient (Wildman–Crippen LogP) is 2.95. The van der Waals surface area contributed by atoms with Crippen LogP contribution in [0.15, 0.2) is 48.5 Å². The first-order chi connectivity index (χ1) is 10.3. The Labute approximate surface area is 124 Å². The average molecular weight is 286 g/mol. The highest BCUT2D eigenvalue weighted by Gasteiger charge is 2.14. The maximum absolute atomic E-state index is 12.5. The Morgan fingerprint density at radius 2 is 1.67 bits per heavy atom. The molecule has 0 spiro atoms. The van der Waals surface area contributed by atoms with Crippen LogP contribution >= 0.6 is 0 Å². The number of methoxy groups -OCH3 is 2. The van der Waals surface area contributed by atoms with Crippen LogP contribution in [0.5, 0.6) is 11.5 Å². The molecule has 110 valence electrons. The maximum atomic E-state index is 12.5. The molecule has 2 aromatic carbocycles. The molecule has 0 aliphatic carbocycles. The summed E-state index contributed by atoms with van der Waals surface area (Å²) >= 11 is 0. The Balaban J connectivity index is 2.21. The minimum Gasteiger partial charge on any atom is -0.497 e. The Kier molecular flexibility index (Phi) is 5.35. The molecule has 0 bridgehead atoms. The first-order valence-electron chi connectivity index (χ1n) is 6.65. The molecule has 0 amide bonds. The standard InChI is InChI=1S/C17H18O4/c1-19-11-12-21-16-6-4-3-5-15(16)17(18)13-7-9-14(20-2)10-8-13/h3-10H,11-12H2,1-2H3. The van der Waals surface area contributed by atoms with E-state index >= 15 is 0 Å². The monoisotopic (exact) mass is 286 g/mol. The smallest absolute Gasteiger partial charge is 0.196 e. The molecule has 0 unspecified atom stereocenters.